The largest absolute Gasteiger partial charge is 0.313 e. The number of hydrogen-bond acceptors (Lipinski definition) is 2. The van der Waals surface area contributed by atoms with Crippen LogP contribution in [0.2, 0.25) is 10.0 Å². The van der Waals surface area contributed by atoms with Crippen LogP contribution >= 0.6 is 35.0 Å². The third-order valence-corrected chi connectivity index (χ3v) is 4.61. The predicted octanol–water partition coefficient (Wildman–Crippen LogP) is 4.66. The van der Waals surface area contributed by atoms with Crippen molar-refractivity contribution in [1.29, 1.82) is 0 Å². The highest BCUT2D eigenvalue weighted by Crippen LogP contribution is 2.26. The molecule has 102 valence electrons. The van der Waals surface area contributed by atoms with Crippen molar-refractivity contribution in [2.75, 3.05) is 12.3 Å². The quantitative estimate of drug-likeness (QED) is 0.786. The second kappa shape index (κ2) is 8.31. The van der Waals surface area contributed by atoms with Crippen LogP contribution in [0.5, 0.6) is 0 Å². The van der Waals surface area contributed by atoms with E-state index in [9.17, 15) is 0 Å². The first kappa shape index (κ1) is 16.2. The molecule has 0 saturated carbocycles. The molecule has 0 aromatic heterocycles. The molecule has 1 atom stereocenters. The van der Waals surface area contributed by atoms with Crippen molar-refractivity contribution in [3.63, 3.8) is 0 Å². The Kier molecular flexibility index (Phi) is 7.47. The minimum Gasteiger partial charge on any atom is -0.313 e. The van der Waals surface area contributed by atoms with Crippen LogP contribution in [-0.4, -0.2) is 23.6 Å². The van der Waals surface area contributed by atoms with Crippen LogP contribution in [0.3, 0.4) is 0 Å². The fourth-order valence-electron chi connectivity index (χ4n) is 1.76. The van der Waals surface area contributed by atoms with Crippen molar-refractivity contribution >= 4 is 35.0 Å². The van der Waals surface area contributed by atoms with Crippen molar-refractivity contribution in [2.45, 2.75) is 38.5 Å². The Morgan fingerprint density at radius 2 is 1.83 bits per heavy atom. The zero-order valence-electron chi connectivity index (χ0n) is 11.2. The minimum atomic E-state index is 0.416. The van der Waals surface area contributed by atoms with E-state index in [1.165, 1.54) is 0 Å². The number of thioether (sulfide) groups is 1. The summed E-state index contributed by atoms with van der Waals surface area (Å²) < 4.78 is 0. The van der Waals surface area contributed by atoms with Gasteiger partial charge >= 0.3 is 0 Å². The SMILES string of the molecule is CCNC(CSC(C)C)Cc1c(Cl)cccc1Cl. The first-order valence-electron chi connectivity index (χ1n) is 6.32. The molecule has 0 aliphatic carbocycles. The summed E-state index contributed by atoms with van der Waals surface area (Å²) in [4.78, 5) is 0. The lowest BCUT2D eigenvalue weighted by Crippen LogP contribution is -2.33. The fraction of sp³-hybridized carbons (Fsp3) is 0.571. The van der Waals surface area contributed by atoms with Crippen molar-refractivity contribution in [3.8, 4) is 0 Å². The van der Waals surface area contributed by atoms with Crippen LogP contribution < -0.4 is 5.32 Å². The molecule has 0 amide bonds. The molecule has 1 rings (SSSR count). The van der Waals surface area contributed by atoms with Gasteiger partial charge in [-0.1, -0.05) is 50.0 Å². The smallest absolute Gasteiger partial charge is 0.0453 e. The van der Waals surface area contributed by atoms with Crippen molar-refractivity contribution in [1.82, 2.24) is 5.32 Å². The van der Waals surface area contributed by atoms with E-state index in [4.69, 9.17) is 23.2 Å². The molecule has 1 unspecified atom stereocenters. The molecule has 1 aromatic rings. The van der Waals surface area contributed by atoms with E-state index in [0.717, 1.165) is 34.3 Å². The van der Waals surface area contributed by atoms with Crippen molar-refractivity contribution in [3.05, 3.63) is 33.8 Å². The maximum atomic E-state index is 6.22. The molecule has 18 heavy (non-hydrogen) atoms. The van der Waals surface area contributed by atoms with Gasteiger partial charge in [-0.05, 0) is 35.9 Å². The third-order valence-electron chi connectivity index (χ3n) is 2.64. The van der Waals surface area contributed by atoms with Crippen molar-refractivity contribution < 1.29 is 0 Å². The molecule has 0 bridgehead atoms. The third kappa shape index (κ3) is 5.40. The molecule has 0 saturated heterocycles. The monoisotopic (exact) mass is 305 g/mol. The molecule has 0 aliphatic heterocycles. The number of halogens is 2. The number of nitrogens with one attached hydrogen (secondary N) is 1. The van der Waals surface area contributed by atoms with Gasteiger partial charge in [0.25, 0.3) is 0 Å². The Bertz CT molecular complexity index is 349. The second-order valence-electron chi connectivity index (χ2n) is 4.54. The summed E-state index contributed by atoms with van der Waals surface area (Å²) >= 11 is 14.4. The average molecular weight is 306 g/mol. The Morgan fingerprint density at radius 1 is 1.22 bits per heavy atom. The fourth-order valence-corrected chi connectivity index (χ4v) is 3.17. The Morgan fingerprint density at radius 3 is 2.33 bits per heavy atom. The lowest BCUT2D eigenvalue weighted by molar-refractivity contribution is 0.572. The minimum absolute atomic E-state index is 0.416. The Hall–Kier alpha value is 0.110. The molecular formula is C14H21Cl2NS. The molecule has 4 heteroatoms. The van der Waals surface area contributed by atoms with Gasteiger partial charge in [0.1, 0.15) is 0 Å². The second-order valence-corrected chi connectivity index (χ2v) is 6.96. The molecule has 0 fully saturated rings. The highest BCUT2D eigenvalue weighted by molar-refractivity contribution is 7.99. The maximum absolute atomic E-state index is 6.22. The summed E-state index contributed by atoms with van der Waals surface area (Å²) in [6.45, 7) is 7.53. The van der Waals surface area contributed by atoms with E-state index in [1.54, 1.807) is 0 Å². The Balaban J connectivity index is 2.70. The average Bonchev–Trinajstić information content (AvgIpc) is 2.30. The predicted molar refractivity (Wildman–Crippen MR) is 85.2 cm³/mol. The van der Waals surface area contributed by atoms with Crippen LogP contribution in [0, 0.1) is 0 Å². The van der Waals surface area contributed by atoms with Gasteiger partial charge in [0.2, 0.25) is 0 Å². The van der Waals surface area contributed by atoms with E-state index >= 15 is 0 Å². The summed E-state index contributed by atoms with van der Waals surface area (Å²) in [7, 11) is 0. The van der Waals surface area contributed by atoms with Gasteiger partial charge in [-0.25, -0.2) is 0 Å². The number of likely N-dealkylation sites (N-methyl/N-ethyl adjacent to an activating group) is 1. The molecule has 1 aromatic carbocycles. The van der Waals surface area contributed by atoms with E-state index in [-0.39, 0.29) is 0 Å². The molecule has 0 heterocycles. The van der Waals surface area contributed by atoms with Crippen LogP contribution in [0.25, 0.3) is 0 Å². The van der Waals surface area contributed by atoms with Gasteiger partial charge in [0, 0.05) is 21.8 Å². The maximum Gasteiger partial charge on any atom is 0.0453 e. The van der Waals surface area contributed by atoms with E-state index < -0.39 is 0 Å². The van der Waals surface area contributed by atoms with E-state index in [1.807, 2.05) is 30.0 Å². The Labute approximate surface area is 125 Å². The van der Waals surface area contributed by atoms with Crippen LogP contribution in [0.1, 0.15) is 26.3 Å². The highest BCUT2D eigenvalue weighted by Gasteiger charge is 2.14. The van der Waals surface area contributed by atoms with E-state index in [0.29, 0.717) is 11.3 Å². The molecule has 0 spiro atoms. The number of hydrogen-bond donors (Lipinski definition) is 1. The summed E-state index contributed by atoms with van der Waals surface area (Å²) in [5.41, 5.74) is 1.05. The van der Waals surface area contributed by atoms with Gasteiger partial charge in [-0.15, -0.1) is 0 Å². The first-order chi connectivity index (χ1) is 8.54. The topological polar surface area (TPSA) is 12.0 Å². The summed E-state index contributed by atoms with van der Waals surface area (Å²) in [6, 6.07) is 6.11. The van der Waals surface area contributed by atoms with E-state index in [2.05, 4.69) is 26.1 Å². The summed E-state index contributed by atoms with van der Waals surface area (Å²) in [6.07, 6.45) is 0.881. The van der Waals surface area contributed by atoms with Gasteiger partial charge in [0.05, 0.1) is 0 Å². The molecular weight excluding hydrogens is 285 g/mol. The standard InChI is InChI=1S/C14H21Cl2NS/c1-4-17-11(9-18-10(2)3)8-12-13(15)6-5-7-14(12)16/h5-7,10-11,17H,4,8-9H2,1-3H3. The highest BCUT2D eigenvalue weighted by atomic mass is 35.5. The number of benzene rings is 1. The molecule has 0 aliphatic rings. The number of rotatable bonds is 7. The van der Waals surface area contributed by atoms with Crippen LogP contribution in [0.15, 0.2) is 18.2 Å². The molecule has 1 nitrogen and oxygen atoms in total. The lowest BCUT2D eigenvalue weighted by Gasteiger charge is -2.20. The molecule has 1 N–H and O–H groups in total. The normalized spacial score (nSPS) is 13.0. The van der Waals surface area contributed by atoms with Gasteiger partial charge in [-0.2, -0.15) is 11.8 Å². The first-order valence-corrected chi connectivity index (χ1v) is 8.13. The summed E-state index contributed by atoms with van der Waals surface area (Å²) in [5, 5.41) is 5.68. The van der Waals surface area contributed by atoms with Crippen LogP contribution in [-0.2, 0) is 6.42 Å². The van der Waals surface area contributed by atoms with Gasteiger partial charge in [-0.3, -0.25) is 0 Å². The van der Waals surface area contributed by atoms with Gasteiger partial charge in [0.15, 0.2) is 0 Å². The lowest BCUT2D eigenvalue weighted by atomic mass is 10.1. The molecule has 0 radical (unpaired) electrons. The zero-order chi connectivity index (χ0) is 13.5. The van der Waals surface area contributed by atoms with Gasteiger partial charge < -0.3 is 5.32 Å². The van der Waals surface area contributed by atoms with Crippen LogP contribution in [0.4, 0.5) is 0 Å². The summed E-state index contributed by atoms with van der Waals surface area (Å²) in [5.74, 6) is 1.08. The zero-order valence-corrected chi connectivity index (χ0v) is 13.5. The van der Waals surface area contributed by atoms with Crippen molar-refractivity contribution in [2.24, 2.45) is 0 Å².